The lowest BCUT2D eigenvalue weighted by molar-refractivity contribution is -0.117. The average Bonchev–Trinajstić information content (AvgIpc) is 3.30. The third-order valence-corrected chi connectivity index (χ3v) is 4.94. The molecule has 0 bridgehead atoms. The predicted molar refractivity (Wildman–Crippen MR) is 102 cm³/mol. The van der Waals surface area contributed by atoms with E-state index in [0.29, 0.717) is 24.7 Å². The quantitative estimate of drug-likeness (QED) is 0.703. The normalized spacial score (nSPS) is 16.8. The summed E-state index contributed by atoms with van der Waals surface area (Å²) in [5.41, 5.74) is 3.94. The fraction of sp³-hybridized carbons (Fsp3) is 0.286. The Labute approximate surface area is 157 Å². The molecular formula is C21H21N3O3. The highest BCUT2D eigenvalue weighted by Crippen LogP contribution is 2.34. The van der Waals surface area contributed by atoms with Gasteiger partial charge in [0, 0.05) is 30.5 Å². The number of amides is 1. The molecule has 0 aliphatic carbocycles. The Morgan fingerprint density at radius 1 is 1.15 bits per heavy atom. The van der Waals surface area contributed by atoms with Crippen molar-refractivity contribution in [2.24, 2.45) is 0 Å². The summed E-state index contributed by atoms with van der Waals surface area (Å²) in [4.78, 5) is 18.9. The van der Waals surface area contributed by atoms with Crippen LogP contribution in [0.2, 0.25) is 0 Å². The molecule has 2 aromatic carbocycles. The first-order valence-corrected chi connectivity index (χ1v) is 8.91. The summed E-state index contributed by atoms with van der Waals surface area (Å²) in [5, 5.41) is 4.13. The van der Waals surface area contributed by atoms with Crippen LogP contribution in [-0.2, 0) is 4.79 Å². The third-order valence-electron chi connectivity index (χ3n) is 4.94. The van der Waals surface area contributed by atoms with Crippen LogP contribution in [0.4, 0.5) is 5.69 Å². The van der Waals surface area contributed by atoms with E-state index in [2.05, 4.69) is 10.1 Å². The van der Waals surface area contributed by atoms with E-state index >= 15 is 0 Å². The molecule has 138 valence electrons. The molecule has 0 saturated carbocycles. The number of hydrogen-bond donors (Lipinski definition) is 0. The Morgan fingerprint density at radius 3 is 2.67 bits per heavy atom. The molecular weight excluding hydrogens is 342 g/mol. The van der Waals surface area contributed by atoms with E-state index in [9.17, 15) is 4.79 Å². The summed E-state index contributed by atoms with van der Waals surface area (Å²) in [5.74, 6) is 1.74. The van der Waals surface area contributed by atoms with E-state index in [-0.39, 0.29) is 11.8 Å². The van der Waals surface area contributed by atoms with Crippen LogP contribution in [0, 0.1) is 13.8 Å². The topological polar surface area (TPSA) is 68.5 Å². The van der Waals surface area contributed by atoms with E-state index in [1.165, 1.54) is 5.56 Å². The van der Waals surface area contributed by atoms with Gasteiger partial charge < -0.3 is 14.2 Å². The molecule has 1 aliphatic rings. The fourth-order valence-electron chi connectivity index (χ4n) is 3.33. The first-order chi connectivity index (χ1) is 13.0. The van der Waals surface area contributed by atoms with Gasteiger partial charge in [-0.15, -0.1) is 0 Å². The summed E-state index contributed by atoms with van der Waals surface area (Å²) in [6.45, 7) is 4.54. The molecule has 1 aromatic heterocycles. The van der Waals surface area contributed by atoms with Gasteiger partial charge in [-0.3, -0.25) is 4.79 Å². The van der Waals surface area contributed by atoms with Gasteiger partial charge in [0.2, 0.25) is 5.91 Å². The number of carbonyl (C=O) groups is 1. The Morgan fingerprint density at radius 2 is 1.93 bits per heavy atom. The predicted octanol–water partition coefficient (Wildman–Crippen LogP) is 3.88. The molecule has 1 amide bonds. The van der Waals surface area contributed by atoms with Crippen molar-refractivity contribution >= 4 is 11.6 Å². The molecule has 3 aromatic rings. The minimum absolute atomic E-state index is 0.0537. The lowest BCUT2D eigenvalue weighted by atomic mass is 10.1. The minimum atomic E-state index is -0.0916. The van der Waals surface area contributed by atoms with Gasteiger partial charge in [0.1, 0.15) is 5.75 Å². The van der Waals surface area contributed by atoms with E-state index < -0.39 is 0 Å². The first kappa shape index (κ1) is 17.3. The zero-order valence-corrected chi connectivity index (χ0v) is 15.6. The summed E-state index contributed by atoms with van der Waals surface area (Å²) < 4.78 is 10.7. The van der Waals surface area contributed by atoms with Crippen LogP contribution >= 0.6 is 0 Å². The standard InChI is InChI=1S/C21H21N3O3/c1-13-4-7-15(8-5-13)21-22-20(23-27-21)16-10-19(25)24(12-16)18-11-17(26-3)9-6-14(18)2/h4-9,11,16H,10,12H2,1-3H3. The van der Waals surface area contributed by atoms with Gasteiger partial charge in [0.25, 0.3) is 5.89 Å². The molecule has 6 heteroatoms. The lowest BCUT2D eigenvalue weighted by Gasteiger charge is -2.19. The molecule has 1 aliphatic heterocycles. The van der Waals surface area contributed by atoms with Crippen molar-refractivity contribution in [2.45, 2.75) is 26.2 Å². The van der Waals surface area contributed by atoms with Crippen molar-refractivity contribution in [1.82, 2.24) is 10.1 Å². The molecule has 27 heavy (non-hydrogen) atoms. The molecule has 1 unspecified atom stereocenters. The Hall–Kier alpha value is -3.15. The van der Waals surface area contributed by atoms with Crippen molar-refractivity contribution < 1.29 is 14.1 Å². The first-order valence-electron chi connectivity index (χ1n) is 8.91. The van der Waals surface area contributed by atoms with E-state index in [0.717, 1.165) is 22.6 Å². The highest BCUT2D eigenvalue weighted by molar-refractivity contribution is 5.97. The van der Waals surface area contributed by atoms with Gasteiger partial charge >= 0.3 is 0 Å². The molecule has 1 atom stereocenters. The zero-order valence-electron chi connectivity index (χ0n) is 15.6. The highest BCUT2D eigenvalue weighted by atomic mass is 16.5. The monoisotopic (exact) mass is 363 g/mol. The Balaban J connectivity index is 1.57. The zero-order chi connectivity index (χ0) is 19.0. The smallest absolute Gasteiger partial charge is 0.257 e. The minimum Gasteiger partial charge on any atom is -0.497 e. The van der Waals surface area contributed by atoms with Gasteiger partial charge in [-0.2, -0.15) is 4.98 Å². The van der Waals surface area contributed by atoms with Crippen molar-refractivity contribution in [3.63, 3.8) is 0 Å². The van der Waals surface area contributed by atoms with Crippen molar-refractivity contribution in [1.29, 1.82) is 0 Å². The van der Waals surface area contributed by atoms with Gasteiger partial charge in [-0.05, 0) is 37.6 Å². The van der Waals surface area contributed by atoms with E-state index in [1.807, 2.05) is 56.3 Å². The number of methoxy groups -OCH3 is 1. The lowest BCUT2D eigenvalue weighted by Crippen LogP contribution is -2.25. The number of hydrogen-bond acceptors (Lipinski definition) is 5. The summed E-state index contributed by atoms with van der Waals surface area (Å²) in [7, 11) is 1.62. The molecule has 1 fully saturated rings. The SMILES string of the molecule is COc1ccc(C)c(N2CC(c3noc(-c4ccc(C)cc4)n3)CC2=O)c1. The van der Waals surface area contributed by atoms with Gasteiger partial charge in [0.15, 0.2) is 5.82 Å². The molecule has 0 spiro atoms. The van der Waals surface area contributed by atoms with Crippen LogP contribution in [0.1, 0.15) is 29.3 Å². The van der Waals surface area contributed by atoms with Gasteiger partial charge in [-0.1, -0.05) is 28.9 Å². The van der Waals surface area contributed by atoms with Crippen LogP contribution in [0.3, 0.4) is 0 Å². The van der Waals surface area contributed by atoms with Crippen LogP contribution in [0.15, 0.2) is 47.0 Å². The maximum atomic E-state index is 12.6. The van der Waals surface area contributed by atoms with Crippen molar-refractivity contribution in [2.75, 3.05) is 18.6 Å². The van der Waals surface area contributed by atoms with Crippen molar-refractivity contribution in [3.8, 4) is 17.2 Å². The second-order valence-electron chi connectivity index (χ2n) is 6.88. The van der Waals surface area contributed by atoms with E-state index in [4.69, 9.17) is 9.26 Å². The second-order valence-corrected chi connectivity index (χ2v) is 6.88. The van der Waals surface area contributed by atoms with Crippen LogP contribution < -0.4 is 9.64 Å². The number of anilines is 1. The molecule has 6 nitrogen and oxygen atoms in total. The van der Waals surface area contributed by atoms with E-state index in [1.54, 1.807) is 12.0 Å². The Kier molecular flexibility index (Phi) is 4.39. The number of nitrogens with zero attached hydrogens (tertiary/aromatic N) is 3. The second kappa shape index (κ2) is 6.87. The molecule has 0 N–H and O–H groups in total. The maximum Gasteiger partial charge on any atom is 0.257 e. The summed E-state index contributed by atoms with van der Waals surface area (Å²) >= 11 is 0. The van der Waals surface area contributed by atoms with Crippen LogP contribution in [0.5, 0.6) is 5.75 Å². The van der Waals surface area contributed by atoms with Crippen molar-refractivity contribution in [3.05, 3.63) is 59.4 Å². The average molecular weight is 363 g/mol. The molecule has 2 heterocycles. The van der Waals surface area contributed by atoms with Gasteiger partial charge in [-0.25, -0.2) is 0 Å². The number of benzene rings is 2. The molecule has 0 radical (unpaired) electrons. The maximum absolute atomic E-state index is 12.6. The number of carbonyl (C=O) groups excluding carboxylic acids is 1. The highest BCUT2D eigenvalue weighted by Gasteiger charge is 2.35. The fourth-order valence-corrected chi connectivity index (χ4v) is 3.33. The number of ether oxygens (including phenoxy) is 1. The number of rotatable bonds is 4. The Bertz CT molecular complexity index is 979. The van der Waals surface area contributed by atoms with Crippen LogP contribution in [-0.4, -0.2) is 29.7 Å². The van der Waals surface area contributed by atoms with Crippen LogP contribution in [0.25, 0.3) is 11.5 Å². The molecule has 4 rings (SSSR count). The van der Waals surface area contributed by atoms with Gasteiger partial charge in [0.05, 0.1) is 12.8 Å². The number of aromatic nitrogens is 2. The molecule has 1 saturated heterocycles. The summed E-state index contributed by atoms with van der Waals surface area (Å²) in [6.07, 6.45) is 0.365. The third kappa shape index (κ3) is 3.30. The summed E-state index contributed by atoms with van der Waals surface area (Å²) in [6, 6.07) is 13.7. The largest absolute Gasteiger partial charge is 0.497 e. The number of aryl methyl sites for hydroxylation is 2.